The van der Waals surface area contributed by atoms with Gasteiger partial charge in [0.2, 0.25) is 5.88 Å². The topological polar surface area (TPSA) is 42.4 Å². The molecular weight excluding hydrogens is 332 g/mol. The Bertz CT molecular complexity index is 687. The number of anilines is 1. The standard InChI is InChI=1S/C20H24N2O2S/c1-2-3-12-22(17-7-5-4-6-8-17)20(23)16-9-11-21-19(14-16)24-18-10-13-25-15-18/h4-9,11,14,18H,2-3,10,12-13,15H2,1H3. The van der Waals surface area contributed by atoms with Gasteiger partial charge < -0.3 is 9.64 Å². The van der Waals surface area contributed by atoms with Crippen LogP contribution >= 0.6 is 11.8 Å². The van der Waals surface area contributed by atoms with Crippen LogP contribution in [0, 0.1) is 0 Å². The van der Waals surface area contributed by atoms with E-state index >= 15 is 0 Å². The van der Waals surface area contributed by atoms with Gasteiger partial charge in [-0.15, -0.1) is 0 Å². The molecule has 0 bridgehead atoms. The zero-order valence-corrected chi connectivity index (χ0v) is 15.4. The summed E-state index contributed by atoms with van der Waals surface area (Å²) in [6.45, 7) is 2.84. The first-order valence-corrected chi connectivity index (χ1v) is 10.0. The highest BCUT2D eigenvalue weighted by Crippen LogP contribution is 2.23. The Morgan fingerprint density at radius 3 is 2.88 bits per heavy atom. The van der Waals surface area contributed by atoms with Gasteiger partial charge in [0.05, 0.1) is 0 Å². The van der Waals surface area contributed by atoms with Crippen molar-refractivity contribution in [3.05, 3.63) is 54.2 Å². The molecule has 5 heteroatoms. The van der Waals surface area contributed by atoms with Crippen molar-refractivity contribution < 1.29 is 9.53 Å². The fourth-order valence-corrected chi connectivity index (χ4v) is 3.91. The van der Waals surface area contributed by atoms with Crippen molar-refractivity contribution >= 4 is 23.4 Å². The molecule has 1 unspecified atom stereocenters. The molecule has 1 atom stereocenters. The summed E-state index contributed by atoms with van der Waals surface area (Å²) in [5.74, 6) is 2.66. The van der Waals surface area contributed by atoms with Gasteiger partial charge in [-0.2, -0.15) is 11.8 Å². The molecule has 1 amide bonds. The fraction of sp³-hybridized carbons (Fsp3) is 0.400. The summed E-state index contributed by atoms with van der Waals surface area (Å²) in [4.78, 5) is 19.2. The number of hydrogen-bond donors (Lipinski definition) is 0. The molecule has 25 heavy (non-hydrogen) atoms. The van der Waals surface area contributed by atoms with E-state index in [0.717, 1.165) is 36.5 Å². The highest BCUT2D eigenvalue weighted by Gasteiger charge is 2.20. The number of para-hydroxylation sites is 1. The van der Waals surface area contributed by atoms with Crippen molar-refractivity contribution in [2.45, 2.75) is 32.3 Å². The van der Waals surface area contributed by atoms with Crippen molar-refractivity contribution in [2.24, 2.45) is 0 Å². The number of hydrogen-bond acceptors (Lipinski definition) is 4. The highest BCUT2D eigenvalue weighted by molar-refractivity contribution is 7.99. The molecule has 0 aliphatic carbocycles. The second-order valence-electron chi connectivity index (χ2n) is 6.13. The molecule has 0 N–H and O–H groups in total. The van der Waals surface area contributed by atoms with Gasteiger partial charge in [0.25, 0.3) is 5.91 Å². The number of nitrogens with zero attached hydrogens (tertiary/aromatic N) is 2. The van der Waals surface area contributed by atoms with Crippen molar-refractivity contribution in [2.75, 3.05) is 23.0 Å². The van der Waals surface area contributed by atoms with E-state index in [1.54, 1.807) is 18.3 Å². The molecule has 0 radical (unpaired) electrons. The van der Waals surface area contributed by atoms with Gasteiger partial charge in [-0.3, -0.25) is 4.79 Å². The van der Waals surface area contributed by atoms with E-state index in [1.807, 2.05) is 47.0 Å². The largest absolute Gasteiger partial charge is 0.473 e. The smallest absolute Gasteiger partial charge is 0.258 e. The minimum Gasteiger partial charge on any atom is -0.473 e. The van der Waals surface area contributed by atoms with E-state index in [9.17, 15) is 4.79 Å². The lowest BCUT2D eigenvalue weighted by molar-refractivity contribution is 0.0985. The molecule has 1 aromatic heterocycles. The third-order valence-electron chi connectivity index (χ3n) is 4.21. The Morgan fingerprint density at radius 2 is 2.16 bits per heavy atom. The third kappa shape index (κ3) is 4.75. The van der Waals surface area contributed by atoms with Crippen LogP contribution in [0.15, 0.2) is 48.7 Å². The number of carbonyl (C=O) groups excluding carboxylic acids is 1. The second-order valence-corrected chi connectivity index (χ2v) is 7.28. The number of unbranched alkanes of at least 4 members (excludes halogenated alkanes) is 1. The lowest BCUT2D eigenvalue weighted by Crippen LogP contribution is -2.32. The molecule has 2 heterocycles. The molecule has 0 spiro atoms. The third-order valence-corrected chi connectivity index (χ3v) is 5.34. The number of thioether (sulfide) groups is 1. The summed E-state index contributed by atoms with van der Waals surface area (Å²) in [5, 5.41) is 0. The minimum absolute atomic E-state index is 0.00676. The number of pyridine rings is 1. The average Bonchev–Trinajstić information content (AvgIpc) is 3.16. The van der Waals surface area contributed by atoms with Gasteiger partial charge in [-0.25, -0.2) is 4.98 Å². The molecule has 1 aromatic carbocycles. The lowest BCUT2D eigenvalue weighted by atomic mass is 10.2. The van der Waals surface area contributed by atoms with Gasteiger partial charge in [0, 0.05) is 35.8 Å². The van der Waals surface area contributed by atoms with Crippen LogP contribution in [0.3, 0.4) is 0 Å². The van der Waals surface area contributed by atoms with Crippen molar-refractivity contribution in [3.8, 4) is 5.88 Å². The molecule has 1 saturated heterocycles. The number of carbonyl (C=O) groups is 1. The molecular formula is C20H24N2O2S. The van der Waals surface area contributed by atoms with Crippen LogP contribution in [-0.4, -0.2) is 35.0 Å². The summed E-state index contributed by atoms with van der Waals surface area (Å²) in [6.07, 6.45) is 4.91. The van der Waals surface area contributed by atoms with Gasteiger partial charge in [0.15, 0.2) is 0 Å². The minimum atomic E-state index is -0.00676. The first-order chi connectivity index (χ1) is 12.3. The molecule has 1 fully saturated rings. The van der Waals surface area contributed by atoms with Crippen molar-refractivity contribution in [1.82, 2.24) is 4.98 Å². The predicted molar refractivity (Wildman–Crippen MR) is 104 cm³/mol. The van der Waals surface area contributed by atoms with E-state index in [-0.39, 0.29) is 12.0 Å². The first-order valence-electron chi connectivity index (χ1n) is 8.85. The quantitative estimate of drug-likeness (QED) is 0.737. The number of ether oxygens (including phenoxy) is 1. The SMILES string of the molecule is CCCCN(C(=O)c1ccnc(OC2CCSC2)c1)c1ccccc1. The highest BCUT2D eigenvalue weighted by atomic mass is 32.2. The maximum absolute atomic E-state index is 13.1. The summed E-state index contributed by atoms with van der Waals surface area (Å²) in [6, 6.07) is 13.4. The number of benzene rings is 1. The predicted octanol–water partition coefficient (Wildman–Crippen LogP) is 4.41. The second kappa shape index (κ2) is 8.90. The lowest BCUT2D eigenvalue weighted by Gasteiger charge is -2.23. The maximum atomic E-state index is 13.1. The van der Waals surface area contributed by atoms with E-state index in [0.29, 0.717) is 18.0 Å². The normalized spacial score (nSPS) is 16.6. The van der Waals surface area contributed by atoms with Crippen LogP contribution in [0.4, 0.5) is 5.69 Å². The number of amides is 1. The molecule has 0 saturated carbocycles. The van der Waals surface area contributed by atoms with Gasteiger partial charge in [-0.05, 0) is 36.8 Å². The maximum Gasteiger partial charge on any atom is 0.258 e. The van der Waals surface area contributed by atoms with Crippen LogP contribution in [0.5, 0.6) is 5.88 Å². The van der Waals surface area contributed by atoms with Gasteiger partial charge in [0.1, 0.15) is 6.10 Å². The van der Waals surface area contributed by atoms with Crippen LogP contribution in [-0.2, 0) is 0 Å². The van der Waals surface area contributed by atoms with Crippen LogP contribution in [0.1, 0.15) is 36.5 Å². The Kier molecular flexibility index (Phi) is 6.34. The molecule has 1 aliphatic heterocycles. The van der Waals surface area contributed by atoms with Crippen LogP contribution in [0.2, 0.25) is 0 Å². The summed E-state index contributed by atoms with van der Waals surface area (Å²) >= 11 is 1.90. The summed E-state index contributed by atoms with van der Waals surface area (Å²) in [5.41, 5.74) is 1.54. The Labute approximate surface area is 153 Å². The van der Waals surface area contributed by atoms with Crippen LogP contribution in [0.25, 0.3) is 0 Å². The zero-order valence-electron chi connectivity index (χ0n) is 14.6. The molecule has 3 rings (SSSR count). The Balaban J connectivity index is 1.78. The molecule has 1 aliphatic rings. The average molecular weight is 356 g/mol. The first kappa shape index (κ1) is 17.8. The van der Waals surface area contributed by atoms with Crippen molar-refractivity contribution in [1.29, 1.82) is 0 Å². The summed E-state index contributed by atoms with van der Waals surface area (Å²) < 4.78 is 5.93. The fourth-order valence-electron chi connectivity index (χ4n) is 2.81. The van der Waals surface area contributed by atoms with Gasteiger partial charge >= 0.3 is 0 Å². The summed E-state index contributed by atoms with van der Waals surface area (Å²) in [7, 11) is 0. The Morgan fingerprint density at radius 1 is 1.32 bits per heavy atom. The van der Waals surface area contributed by atoms with Gasteiger partial charge in [-0.1, -0.05) is 31.5 Å². The van der Waals surface area contributed by atoms with Crippen molar-refractivity contribution in [3.63, 3.8) is 0 Å². The molecule has 4 nitrogen and oxygen atoms in total. The number of rotatable bonds is 7. The zero-order chi connectivity index (χ0) is 17.5. The van der Waals surface area contributed by atoms with E-state index in [1.165, 1.54) is 0 Å². The Hall–Kier alpha value is -2.01. The molecule has 132 valence electrons. The molecule has 2 aromatic rings. The van der Waals surface area contributed by atoms with Crippen LogP contribution < -0.4 is 9.64 Å². The van der Waals surface area contributed by atoms with E-state index in [2.05, 4.69) is 11.9 Å². The van der Waals surface area contributed by atoms with E-state index in [4.69, 9.17) is 4.74 Å². The number of aromatic nitrogens is 1. The van der Waals surface area contributed by atoms with E-state index < -0.39 is 0 Å². The monoisotopic (exact) mass is 356 g/mol.